The molecule has 0 spiro atoms. The summed E-state index contributed by atoms with van der Waals surface area (Å²) in [6, 6.07) is 7.64. The molecule has 2 rings (SSSR count). The maximum atomic E-state index is 12.1. The van der Waals surface area contributed by atoms with Gasteiger partial charge in [-0.05, 0) is 43.9 Å². The van der Waals surface area contributed by atoms with Crippen LogP contribution in [0.2, 0.25) is 0 Å². The molecule has 22 heavy (non-hydrogen) atoms. The third-order valence-corrected chi connectivity index (χ3v) is 4.30. The molecule has 0 aromatic heterocycles. The number of benzene rings is 1. The predicted octanol–water partition coefficient (Wildman–Crippen LogP) is 2.23. The number of urea groups is 1. The van der Waals surface area contributed by atoms with Gasteiger partial charge in [-0.25, -0.2) is 4.79 Å². The summed E-state index contributed by atoms with van der Waals surface area (Å²) < 4.78 is 5.21. The van der Waals surface area contributed by atoms with Crippen LogP contribution in [0.4, 0.5) is 4.79 Å². The smallest absolute Gasteiger partial charge is 0.315 e. The number of aliphatic hydroxyl groups excluding tert-OH is 1. The summed E-state index contributed by atoms with van der Waals surface area (Å²) in [5.74, 6) is 0.819. The quantitative estimate of drug-likeness (QED) is 0.755. The molecule has 2 amide bonds. The first-order valence-corrected chi connectivity index (χ1v) is 7.89. The number of rotatable bonds is 6. The Balaban J connectivity index is 1.85. The van der Waals surface area contributed by atoms with Gasteiger partial charge in [0.2, 0.25) is 0 Å². The number of hydrogen-bond donors (Lipinski definition) is 3. The number of nitrogens with one attached hydrogen (secondary N) is 2. The fraction of sp³-hybridized carbons (Fsp3) is 0.588. The fourth-order valence-corrected chi connectivity index (χ4v) is 3.08. The van der Waals surface area contributed by atoms with Crippen molar-refractivity contribution in [1.82, 2.24) is 10.6 Å². The highest BCUT2D eigenvalue weighted by molar-refractivity contribution is 5.75. The summed E-state index contributed by atoms with van der Waals surface area (Å²) in [6.45, 7) is 1.98. The summed E-state index contributed by atoms with van der Waals surface area (Å²) >= 11 is 0. The highest BCUT2D eigenvalue weighted by Gasteiger charge is 2.34. The molecule has 5 nitrogen and oxygen atoms in total. The molecule has 0 radical (unpaired) electrons. The van der Waals surface area contributed by atoms with Crippen molar-refractivity contribution in [2.75, 3.05) is 13.7 Å². The Hall–Kier alpha value is -1.75. The highest BCUT2D eigenvalue weighted by atomic mass is 16.5. The lowest BCUT2D eigenvalue weighted by Gasteiger charge is -2.29. The maximum Gasteiger partial charge on any atom is 0.315 e. The number of hydrogen-bond acceptors (Lipinski definition) is 3. The largest absolute Gasteiger partial charge is 0.497 e. The van der Waals surface area contributed by atoms with E-state index in [4.69, 9.17) is 4.74 Å². The SMILES string of the molecule is COc1cccc(C[C@@H](C)NC(=O)NC2(CO)CCCC2)c1. The molecule has 5 heteroatoms. The van der Waals surface area contributed by atoms with Gasteiger partial charge in [-0.15, -0.1) is 0 Å². The average Bonchev–Trinajstić information content (AvgIpc) is 2.96. The minimum atomic E-state index is -0.431. The number of methoxy groups -OCH3 is 1. The topological polar surface area (TPSA) is 70.6 Å². The van der Waals surface area contributed by atoms with Gasteiger partial charge in [0.05, 0.1) is 19.3 Å². The Morgan fingerprint density at radius 3 is 2.77 bits per heavy atom. The highest BCUT2D eigenvalue weighted by Crippen LogP contribution is 2.28. The van der Waals surface area contributed by atoms with Gasteiger partial charge in [-0.2, -0.15) is 0 Å². The van der Waals surface area contributed by atoms with Crippen molar-refractivity contribution in [2.24, 2.45) is 0 Å². The standard InChI is InChI=1S/C17H26N2O3/c1-13(10-14-6-5-7-15(11-14)22-2)18-16(21)19-17(12-20)8-3-4-9-17/h5-7,11,13,20H,3-4,8-10,12H2,1-2H3,(H2,18,19,21)/t13-/m1/s1. The third-order valence-electron chi connectivity index (χ3n) is 4.30. The first-order chi connectivity index (χ1) is 10.6. The Morgan fingerprint density at radius 2 is 2.14 bits per heavy atom. The van der Waals surface area contributed by atoms with Crippen molar-refractivity contribution in [3.05, 3.63) is 29.8 Å². The van der Waals surface area contributed by atoms with E-state index in [1.54, 1.807) is 7.11 Å². The first kappa shape index (κ1) is 16.6. The van der Waals surface area contributed by atoms with Crippen LogP contribution in [0.15, 0.2) is 24.3 Å². The summed E-state index contributed by atoms with van der Waals surface area (Å²) in [5.41, 5.74) is 0.685. The van der Waals surface area contributed by atoms with E-state index in [-0.39, 0.29) is 18.7 Å². The van der Waals surface area contributed by atoms with Crippen molar-refractivity contribution in [3.8, 4) is 5.75 Å². The molecule has 1 atom stereocenters. The van der Waals surface area contributed by atoms with E-state index < -0.39 is 5.54 Å². The summed E-state index contributed by atoms with van der Waals surface area (Å²) in [5, 5.41) is 15.4. The van der Waals surface area contributed by atoms with Crippen molar-refractivity contribution in [2.45, 2.75) is 50.6 Å². The van der Waals surface area contributed by atoms with Crippen LogP contribution in [0.5, 0.6) is 5.75 Å². The molecular weight excluding hydrogens is 280 g/mol. The van der Waals surface area contributed by atoms with Crippen molar-refractivity contribution in [1.29, 1.82) is 0 Å². The lowest BCUT2D eigenvalue weighted by molar-refractivity contribution is 0.162. The average molecular weight is 306 g/mol. The Morgan fingerprint density at radius 1 is 1.41 bits per heavy atom. The molecule has 1 aliphatic rings. The molecule has 122 valence electrons. The number of amides is 2. The summed E-state index contributed by atoms with van der Waals surface area (Å²) in [7, 11) is 1.64. The molecule has 0 saturated heterocycles. The molecule has 1 aromatic carbocycles. The van der Waals surface area contributed by atoms with Crippen LogP contribution in [0.25, 0.3) is 0 Å². The summed E-state index contributed by atoms with van der Waals surface area (Å²) in [6.07, 6.45) is 4.54. The minimum Gasteiger partial charge on any atom is -0.497 e. The lowest BCUT2D eigenvalue weighted by Crippen LogP contribution is -2.54. The van der Waals surface area contributed by atoms with Crippen molar-refractivity contribution < 1.29 is 14.6 Å². The maximum absolute atomic E-state index is 12.1. The van der Waals surface area contributed by atoms with Crippen LogP contribution >= 0.6 is 0 Å². The second-order valence-electron chi connectivity index (χ2n) is 6.20. The van der Waals surface area contributed by atoms with Crippen molar-refractivity contribution in [3.63, 3.8) is 0 Å². The van der Waals surface area contributed by atoms with Gasteiger partial charge in [-0.3, -0.25) is 0 Å². The molecule has 0 heterocycles. The van der Waals surface area contributed by atoms with Crippen LogP contribution in [0.3, 0.4) is 0 Å². The second-order valence-corrected chi connectivity index (χ2v) is 6.20. The van der Waals surface area contributed by atoms with Gasteiger partial charge < -0.3 is 20.5 Å². The van der Waals surface area contributed by atoms with Gasteiger partial charge in [0.15, 0.2) is 0 Å². The van der Waals surface area contributed by atoms with E-state index in [1.165, 1.54) is 0 Å². The zero-order valence-corrected chi connectivity index (χ0v) is 13.4. The molecule has 1 fully saturated rings. The lowest BCUT2D eigenvalue weighted by atomic mass is 9.99. The van der Waals surface area contributed by atoms with E-state index in [9.17, 15) is 9.90 Å². The molecule has 1 saturated carbocycles. The van der Waals surface area contributed by atoms with Crippen LogP contribution in [-0.4, -0.2) is 36.4 Å². The number of carbonyl (C=O) groups excluding carboxylic acids is 1. The summed E-state index contributed by atoms with van der Waals surface area (Å²) in [4.78, 5) is 12.1. The van der Waals surface area contributed by atoms with E-state index in [0.717, 1.165) is 43.4 Å². The number of carbonyl (C=O) groups is 1. The van der Waals surface area contributed by atoms with Gasteiger partial charge >= 0.3 is 6.03 Å². The molecule has 1 aromatic rings. The van der Waals surface area contributed by atoms with Crippen molar-refractivity contribution >= 4 is 6.03 Å². The monoisotopic (exact) mass is 306 g/mol. The Kier molecular flexibility index (Phi) is 5.66. The third kappa shape index (κ3) is 4.37. The Labute approximate surface area is 132 Å². The van der Waals surface area contributed by atoms with E-state index in [0.29, 0.717) is 0 Å². The van der Waals surface area contributed by atoms with Crippen LogP contribution in [0.1, 0.15) is 38.2 Å². The number of ether oxygens (including phenoxy) is 1. The normalized spacial score (nSPS) is 17.8. The number of aliphatic hydroxyl groups is 1. The van der Waals surface area contributed by atoms with E-state index in [2.05, 4.69) is 10.6 Å². The zero-order chi connectivity index (χ0) is 16.0. The molecule has 0 aliphatic heterocycles. The molecule has 1 aliphatic carbocycles. The van der Waals surface area contributed by atoms with Gasteiger partial charge in [0, 0.05) is 6.04 Å². The predicted molar refractivity (Wildman–Crippen MR) is 86.1 cm³/mol. The first-order valence-electron chi connectivity index (χ1n) is 7.89. The zero-order valence-electron chi connectivity index (χ0n) is 13.4. The minimum absolute atomic E-state index is 0.00394. The van der Waals surface area contributed by atoms with E-state index >= 15 is 0 Å². The van der Waals surface area contributed by atoms with Crippen LogP contribution < -0.4 is 15.4 Å². The van der Waals surface area contributed by atoms with E-state index in [1.807, 2.05) is 31.2 Å². The molecule has 0 unspecified atom stereocenters. The molecule has 3 N–H and O–H groups in total. The van der Waals surface area contributed by atoms with Crippen LogP contribution in [0, 0.1) is 0 Å². The second kappa shape index (κ2) is 7.49. The fourth-order valence-electron chi connectivity index (χ4n) is 3.08. The van der Waals surface area contributed by atoms with Gasteiger partial charge in [0.25, 0.3) is 0 Å². The van der Waals surface area contributed by atoms with Gasteiger partial charge in [-0.1, -0.05) is 25.0 Å². The van der Waals surface area contributed by atoms with Crippen LogP contribution in [-0.2, 0) is 6.42 Å². The molecular formula is C17H26N2O3. The van der Waals surface area contributed by atoms with Gasteiger partial charge in [0.1, 0.15) is 5.75 Å². The molecule has 0 bridgehead atoms. The Bertz CT molecular complexity index is 498.